The Morgan fingerprint density at radius 3 is 2.73 bits per heavy atom. The molecule has 0 saturated carbocycles. The molecule has 0 radical (unpaired) electrons. The summed E-state index contributed by atoms with van der Waals surface area (Å²) < 4.78 is 0. The summed E-state index contributed by atoms with van der Waals surface area (Å²) in [5.74, 6) is 0.792. The number of hydrogen-bond acceptors (Lipinski definition) is 2. The minimum absolute atomic E-state index is 0.622. The van der Waals surface area contributed by atoms with Crippen molar-refractivity contribution in [2.45, 2.75) is 18.9 Å². The minimum Gasteiger partial charge on any atom is -0.320 e. The lowest BCUT2D eigenvalue weighted by Crippen LogP contribution is -2.22. The Bertz CT molecular complexity index is 132. The van der Waals surface area contributed by atoms with E-state index in [1.54, 1.807) is 0 Å². The molecule has 11 heavy (non-hydrogen) atoms. The van der Waals surface area contributed by atoms with Gasteiger partial charge in [0.15, 0.2) is 0 Å². The van der Waals surface area contributed by atoms with Gasteiger partial charge in [-0.3, -0.25) is 0 Å². The number of hydrogen-bond donors (Lipinski definition) is 2. The Kier molecular flexibility index (Phi) is 3.60. The normalized spacial score (nSPS) is 29.6. The van der Waals surface area contributed by atoms with E-state index in [0.29, 0.717) is 6.04 Å². The van der Waals surface area contributed by atoms with Gasteiger partial charge in [0, 0.05) is 6.04 Å². The molecular weight excluding hydrogens is 136 g/mol. The van der Waals surface area contributed by atoms with Gasteiger partial charge in [-0.25, -0.2) is 0 Å². The Labute approximate surface area is 69.1 Å². The Morgan fingerprint density at radius 1 is 1.36 bits per heavy atom. The van der Waals surface area contributed by atoms with Gasteiger partial charge in [-0.2, -0.15) is 0 Å². The lowest BCUT2D eigenvalue weighted by atomic mass is 10.0. The lowest BCUT2D eigenvalue weighted by Gasteiger charge is -2.10. The second kappa shape index (κ2) is 4.52. The van der Waals surface area contributed by atoms with Crippen LogP contribution in [0.4, 0.5) is 0 Å². The molecule has 1 aliphatic rings. The lowest BCUT2D eigenvalue weighted by molar-refractivity contribution is 0.504. The van der Waals surface area contributed by atoms with Crippen LogP contribution in [0.2, 0.25) is 0 Å². The van der Waals surface area contributed by atoms with Crippen molar-refractivity contribution in [3.05, 3.63) is 12.2 Å². The second-order valence-electron chi connectivity index (χ2n) is 3.17. The topological polar surface area (TPSA) is 24.1 Å². The van der Waals surface area contributed by atoms with Crippen LogP contribution in [-0.4, -0.2) is 26.7 Å². The summed E-state index contributed by atoms with van der Waals surface area (Å²) in [5, 5.41) is 6.44. The molecular formula is C9H18N2. The fourth-order valence-corrected chi connectivity index (χ4v) is 1.53. The van der Waals surface area contributed by atoms with Gasteiger partial charge in [-0.1, -0.05) is 12.2 Å². The van der Waals surface area contributed by atoms with Crippen LogP contribution in [0.5, 0.6) is 0 Å². The summed E-state index contributed by atoms with van der Waals surface area (Å²) >= 11 is 0. The highest BCUT2D eigenvalue weighted by Crippen LogP contribution is 2.19. The number of rotatable bonds is 4. The van der Waals surface area contributed by atoms with E-state index in [1.165, 1.54) is 12.8 Å². The molecule has 0 saturated heterocycles. The van der Waals surface area contributed by atoms with Crippen LogP contribution >= 0.6 is 0 Å². The predicted octanol–water partition coefficient (Wildman–Crippen LogP) is 0.760. The fourth-order valence-electron chi connectivity index (χ4n) is 1.53. The van der Waals surface area contributed by atoms with Crippen LogP contribution < -0.4 is 10.6 Å². The van der Waals surface area contributed by atoms with Gasteiger partial charge in [0.25, 0.3) is 0 Å². The highest BCUT2D eigenvalue weighted by atomic mass is 14.9. The molecule has 0 heterocycles. The van der Waals surface area contributed by atoms with Gasteiger partial charge in [0.05, 0.1) is 0 Å². The van der Waals surface area contributed by atoms with Crippen molar-refractivity contribution in [3.63, 3.8) is 0 Å². The smallest absolute Gasteiger partial charge is 0.0252 e. The summed E-state index contributed by atoms with van der Waals surface area (Å²) in [6, 6.07) is 0.622. The van der Waals surface area contributed by atoms with Crippen molar-refractivity contribution in [1.82, 2.24) is 10.6 Å². The van der Waals surface area contributed by atoms with Crippen molar-refractivity contribution in [2.24, 2.45) is 5.92 Å². The van der Waals surface area contributed by atoms with E-state index in [-0.39, 0.29) is 0 Å². The molecule has 0 aromatic rings. The first-order valence-corrected chi connectivity index (χ1v) is 4.37. The van der Waals surface area contributed by atoms with Crippen molar-refractivity contribution in [3.8, 4) is 0 Å². The zero-order chi connectivity index (χ0) is 8.10. The van der Waals surface area contributed by atoms with E-state index in [0.717, 1.165) is 12.5 Å². The van der Waals surface area contributed by atoms with Crippen molar-refractivity contribution >= 4 is 0 Å². The van der Waals surface area contributed by atoms with Gasteiger partial charge in [-0.15, -0.1) is 0 Å². The first-order chi connectivity index (χ1) is 5.36. The largest absolute Gasteiger partial charge is 0.320 e. The molecule has 1 aliphatic carbocycles. The van der Waals surface area contributed by atoms with E-state index >= 15 is 0 Å². The molecule has 2 nitrogen and oxygen atoms in total. The molecule has 2 atom stereocenters. The average molecular weight is 154 g/mol. The maximum atomic E-state index is 3.26. The summed E-state index contributed by atoms with van der Waals surface area (Å²) in [4.78, 5) is 0. The molecule has 0 aromatic heterocycles. The highest BCUT2D eigenvalue weighted by Gasteiger charge is 2.15. The van der Waals surface area contributed by atoms with E-state index in [2.05, 4.69) is 22.8 Å². The van der Waals surface area contributed by atoms with Crippen molar-refractivity contribution in [2.75, 3.05) is 20.6 Å². The van der Waals surface area contributed by atoms with E-state index in [4.69, 9.17) is 0 Å². The molecule has 2 heteroatoms. The summed E-state index contributed by atoms with van der Waals surface area (Å²) in [7, 11) is 4.03. The first-order valence-electron chi connectivity index (χ1n) is 4.37. The third-order valence-electron chi connectivity index (χ3n) is 2.31. The molecule has 0 aliphatic heterocycles. The first kappa shape index (κ1) is 8.75. The third-order valence-corrected chi connectivity index (χ3v) is 2.31. The summed E-state index contributed by atoms with van der Waals surface area (Å²) in [6.45, 7) is 1.13. The van der Waals surface area contributed by atoms with Gasteiger partial charge in [0.2, 0.25) is 0 Å². The second-order valence-corrected chi connectivity index (χ2v) is 3.17. The number of nitrogens with one attached hydrogen (secondary N) is 2. The zero-order valence-electron chi connectivity index (χ0n) is 7.43. The number of likely N-dealkylation sites (N-methyl/N-ethyl adjacent to an activating group) is 1. The molecule has 0 aromatic carbocycles. The molecule has 64 valence electrons. The highest BCUT2D eigenvalue weighted by molar-refractivity contribution is 5.05. The van der Waals surface area contributed by atoms with Crippen LogP contribution in [0.1, 0.15) is 12.8 Å². The van der Waals surface area contributed by atoms with E-state index in [1.807, 2.05) is 14.1 Å². The molecule has 0 bridgehead atoms. The average Bonchev–Trinajstić information content (AvgIpc) is 2.48. The van der Waals surface area contributed by atoms with Gasteiger partial charge in [0.1, 0.15) is 0 Å². The quantitative estimate of drug-likeness (QED) is 0.584. The summed E-state index contributed by atoms with van der Waals surface area (Å²) in [5.41, 5.74) is 0. The molecule has 1 rings (SSSR count). The van der Waals surface area contributed by atoms with Crippen molar-refractivity contribution < 1.29 is 0 Å². The van der Waals surface area contributed by atoms with E-state index < -0.39 is 0 Å². The van der Waals surface area contributed by atoms with E-state index in [9.17, 15) is 0 Å². The van der Waals surface area contributed by atoms with Crippen molar-refractivity contribution in [1.29, 1.82) is 0 Å². The van der Waals surface area contributed by atoms with Gasteiger partial charge < -0.3 is 10.6 Å². The zero-order valence-corrected chi connectivity index (χ0v) is 7.43. The van der Waals surface area contributed by atoms with Crippen LogP contribution in [-0.2, 0) is 0 Å². The molecule has 0 spiro atoms. The van der Waals surface area contributed by atoms with Crippen LogP contribution in [0.25, 0.3) is 0 Å². The molecule has 0 fully saturated rings. The predicted molar refractivity (Wildman–Crippen MR) is 48.6 cm³/mol. The van der Waals surface area contributed by atoms with Gasteiger partial charge in [-0.05, 0) is 39.4 Å². The SMILES string of the molecule is CNCCC1C=CC(NC)C1. The Balaban J connectivity index is 2.15. The Morgan fingerprint density at radius 2 is 2.18 bits per heavy atom. The third kappa shape index (κ3) is 2.64. The minimum atomic E-state index is 0.622. The fraction of sp³-hybridized carbons (Fsp3) is 0.778. The molecule has 0 amide bonds. The number of allylic oxidation sites excluding steroid dienone is 1. The maximum Gasteiger partial charge on any atom is 0.0252 e. The van der Waals surface area contributed by atoms with Crippen LogP contribution in [0, 0.1) is 5.92 Å². The Hall–Kier alpha value is -0.340. The summed E-state index contributed by atoms with van der Waals surface area (Å²) in [6.07, 6.45) is 7.15. The van der Waals surface area contributed by atoms with Crippen LogP contribution in [0.3, 0.4) is 0 Å². The standard InChI is InChI=1S/C9H18N2/c1-10-6-5-8-3-4-9(7-8)11-2/h3-4,8-11H,5-7H2,1-2H3. The molecule has 2 unspecified atom stereocenters. The molecule has 2 N–H and O–H groups in total. The maximum absolute atomic E-state index is 3.26. The van der Waals surface area contributed by atoms with Crippen LogP contribution in [0.15, 0.2) is 12.2 Å². The van der Waals surface area contributed by atoms with Gasteiger partial charge >= 0.3 is 0 Å². The monoisotopic (exact) mass is 154 g/mol.